The van der Waals surface area contributed by atoms with Gasteiger partial charge in [0, 0.05) is 4.47 Å². The third kappa shape index (κ3) is 2.23. The van der Waals surface area contributed by atoms with Crippen molar-refractivity contribution in [1.82, 2.24) is 0 Å². The molecular formula is C15H14BrNO. The van der Waals surface area contributed by atoms with Crippen LogP contribution in [0.2, 0.25) is 0 Å². The molecule has 3 rings (SSSR count). The molecule has 1 aliphatic heterocycles. The molecule has 2 nitrogen and oxygen atoms in total. The molecule has 0 aromatic heterocycles. The maximum absolute atomic E-state index is 5.80. The van der Waals surface area contributed by atoms with Crippen molar-refractivity contribution in [3.8, 4) is 5.75 Å². The minimum Gasteiger partial charge on any atom is -0.489 e. The number of fused-ring (bicyclic) bond motifs is 1. The molecular weight excluding hydrogens is 290 g/mol. The van der Waals surface area contributed by atoms with Crippen molar-refractivity contribution in [1.29, 1.82) is 0 Å². The van der Waals surface area contributed by atoms with Crippen LogP contribution in [0, 0.1) is 6.92 Å². The standard InChI is InChI=1S/C15H14BrNO/c1-10-3-2-4-11(7-10)14-9-18-15-6-5-12(16)8-13(15)17-14/h2-8,14,17H,9H2,1H3. The predicted molar refractivity (Wildman–Crippen MR) is 77.2 cm³/mol. The van der Waals surface area contributed by atoms with Crippen LogP contribution >= 0.6 is 15.9 Å². The van der Waals surface area contributed by atoms with Gasteiger partial charge in [-0.25, -0.2) is 0 Å². The molecule has 1 aliphatic rings. The Hall–Kier alpha value is -1.48. The van der Waals surface area contributed by atoms with Crippen molar-refractivity contribution in [2.75, 3.05) is 11.9 Å². The Balaban J connectivity index is 1.90. The van der Waals surface area contributed by atoms with Crippen LogP contribution in [0.4, 0.5) is 5.69 Å². The molecule has 1 N–H and O–H groups in total. The Labute approximate surface area is 115 Å². The highest BCUT2D eigenvalue weighted by Crippen LogP contribution is 2.35. The lowest BCUT2D eigenvalue weighted by atomic mass is 10.0. The lowest BCUT2D eigenvalue weighted by Crippen LogP contribution is -2.23. The third-order valence-corrected chi connectivity index (χ3v) is 3.61. The van der Waals surface area contributed by atoms with E-state index in [-0.39, 0.29) is 6.04 Å². The first kappa shape index (κ1) is 11.6. The summed E-state index contributed by atoms with van der Waals surface area (Å²) in [5.41, 5.74) is 3.58. The van der Waals surface area contributed by atoms with Crippen LogP contribution in [-0.2, 0) is 0 Å². The molecule has 2 aromatic rings. The van der Waals surface area contributed by atoms with Gasteiger partial charge in [0.2, 0.25) is 0 Å². The van der Waals surface area contributed by atoms with Crippen molar-refractivity contribution in [3.05, 3.63) is 58.1 Å². The highest BCUT2D eigenvalue weighted by Gasteiger charge is 2.20. The van der Waals surface area contributed by atoms with Crippen molar-refractivity contribution in [2.24, 2.45) is 0 Å². The summed E-state index contributed by atoms with van der Waals surface area (Å²) < 4.78 is 6.86. The largest absolute Gasteiger partial charge is 0.489 e. The molecule has 1 atom stereocenters. The second-order valence-electron chi connectivity index (χ2n) is 4.56. The van der Waals surface area contributed by atoms with Crippen molar-refractivity contribution in [2.45, 2.75) is 13.0 Å². The number of hydrogen-bond donors (Lipinski definition) is 1. The average molecular weight is 304 g/mol. The summed E-state index contributed by atoms with van der Waals surface area (Å²) in [5, 5.41) is 3.53. The molecule has 0 fully saturated rings. The first-order valence-electron chi connectivity index (χ1n) is 5.98. The van der Waals surface area contributed by atoms with Crippen molar-refractivity contribution >= 4 is 21.6 Å². The van der Waals surface area contributed by atoms with Gasteiger partial charge < -0.3 is 10.1 Å². The van der Waals surface area contributed by atoms with Gasteiger partial charge >= 0.3 is 0 Å². The van der Waals surface area contributed by atoms with Gasteiger partial charge in [-0.1, -0.05) is 45.8 Å². The first-order valence-corrected chi connectivity index (χ1v) is 6.77. The van der Waals surface area contributed by atoms with E-state index in [2.05, 4.69) is 58.5 Å². The summed E-state index contributed by atoms with van der Waals surface area (Å²) >= 11 is 3.48. The van der Waals surface area contributed by atoms with E-state index in [1.807, 2.05) is 12.1 Å². The normalized spacial score (nSPS) is 17.6. The Morgan fingerprint density at radius 1 is 1.22 bits per heavy atom. The number of rotatable bonds is 1. The number of anilines is 1. The van der Waals surface area contributed by atoms with E-state index in [9.17, 15) is 0 Å². The van der Waals surface area contributed by atoms with Gasteiger partial charge in [0.1, 0.15) is 12.4 Å². The fourth-order valence-corrected chi connectivity index (χ4v) is 2.57. The zero-order chi connectivity index (χ0) is 12.5. The van der Waals surface area contributed by atoms with E-state index in [0.29, 0.717) is 6.61 Å². The van der Waals surface area contributed by atoms with Gasteiger partial charge in [0.25, 0.3) is 0 Å². The number of ether oxygens (including phenoxy) is 1. The minimum absolute atomic E-state index is 0.215. The zero-order valence-electron chi connectivity index (χ0n) is 10.1. The quantitative estimate of drug-likeness (QED) is 0.848. The van der Waals surface area contributed by atoms with Gasteiger partial charge in [-0.2, -0.15) is 0 Å². The summed E-state index contributed by atoms with van der Waals surface area (Å²) in [6.07, 6.45) is 0. The van der Waals surface area contributed by atoms with Crippen LogP contribution in [-0.4, -0.2) is 6.61 Å². The predicted octanol–water partition coefficient (Wildman–Crippen LogP) is 4.30. The van der Waals surface area contributed by atoms with E-state index < -0.39 is 0 Å². The number of hydrogen-bond acceptors (Lipinski definition) is 2. The second kappa shape index (κ2) is 4.65. The Bertz CT molecular complexity index is 582. The summed E-state index contributed by atoms with van der Waals surface area (Å²) in [4.78, 5) is 0. The molecule has 0 spiro atoms. The van der Waals surface area contributed by atoms with E-state index in [4.69, 9.17) is 4.74 Å². The average Bonchev–Trinajstić information content (AvgIpc) is 2.38. The molecule has 0 amide bonds. The topological polar surface area (TPSA) is 21.3 Å². The summed E-state index contributed by atoms with van der Waals surface area (Å²) in [7, 11) is 0. The molecule has 1 heterocycles. The molecule has 92 valence electrons. The number of halogens is 1. The van der Waals surface area contributed by atoms with Gasteiger partial charge in [0.15, 0.2) is 0 Å². The summed E-state index contributed by atoms with van der Waals surface area (Å²) in [5.74, 6) is 0.919. The number of nitrogens with one attached hydrogen (secondary N) is 1. The van der Waals surface area contributed by atoms with Gasteiger partial charge in [-0.3, -0.25) is 0 Å². The molecule has 0 bridgehead atoms. The van der Waals surface area contributed by atoms with Crippen LogP contribution in [0.5, 0.6) is 5.75 Å². The van der Waals surface area contributed by atoms with E-state index in [1.165, 1.54) is 11.1 Å². The van der Waals surface area contributed by atoms with E-state index in [1.54, 1.807) is 0 Å². The zero-order valence-corrected chi connectivity index (χ0v) is 11.7. The van der Waals surface area contributed by atoms with Crippen LogP contribution in [0.1, 0.15) is 17.2 Å². The van der Waals surface area contributed by atoms with Crippen molar-refractivity contribution in [3.63, 3.8) is 0 Å². The molecule has 0 aliphatic carbocycles. The molecule has 2 aromatic carbocycles. The summed E-state index contributed by atoms with van der Waals surface area (Å²) in [6, 6.07) is 14.8. The fourth-order valence-electron chi connectivity index (χ4n) is 2.21. The smallest absolute Gasteiger partial charge is 0.142 e. The minimum atomic E-state index is 0.215. The second-order valence-corrected chi connectivity index (χ2v) is 5.48. The lowest BCUT2D eigenvalue weighted by molar-refractivity contribution is 0.286. The molecule has 0 saturated carbocycles. The Morgan fingerprint density at radius 2 is 2.11 bits per heavy atom. The number of benzene rings is 2. The molecule has 18 heavy (non-hydrogen) atoms. The van der Waals surface area contributed by atoms with Crippen LogP contribution in [0.25, 0.3) is 0 Å². The van der Waals surface area contributed by atoms with Crippen LogP contribution < -0.4 is 10.1 Å². The van der Waals surface area contributed by atoms with E-state index >= 15 is 0 Å². The Kier molecular flexibility index (Phi) is 3.00. The highest BCUT2D eigenvalue weighted by atomic mass is 79.9. The SMILES string of the molecule is Cc1cccc(C2COc3ccc(Br)cc3N2)c1. The Morgan fingerprint density at radius 3 is 2.94 bits per heavy atom. The first-order chi connectivity index (χ1) is 8.72. The lowest BCUT2D eigenvalue weighted by Gasteiger charge is -2.28. The van der Waals surface area contributed by atoms with Gasteiger partial charge in [-0.05, 0) is 30.7 Å². The van der Waals surface area contributed by atoms with Crippen LogP contribution in [0.15, 0.2) is 46.9 Å². The monoisotopic (exact) mass is 303 g/mol. The van der Waals surface area contributed by atoms with Crippen LogP contribution in [0.3, 0.4) is 0 Å². The number of aryl methyl sites for hydroxylation is 1. The highest BCUT2D eigenvalue weighted by molar-refractivity contribution is 9.10. The van der Waals surface area contributed by atoms with Gasteiger partial charge in [0.05, 0.1) is 11.7 Å². The molecule has 0 radical (unpaired) electrons. The fraction of sp³-hybridized carbons (Fsp3) is 0.200. The van der Waals surface area contributed by atoms with Crippen molar-refractivity contribution < 1.29 is 4.74 Å². The summed E-state index contributed by atoms with van der Waals surface area (Å²) in [6.45, 7) is 2.77. The van der Waals surface area contributed by atoms with E-state index in [0.717, 1.165) is 15.9 Å². The molecule has 1 unspecified atom stereocenters. The molecule has 0 saturated heterocycles. The maximum Gasteiger partial charge on any atom is 0.142 e. The van der Waals surface area contributed by atoms with Gasteiger partial charge in [-0.15, -0.1) is 0 Å². The third-order valence-electron chi connectivity index (χ3n) is 3.12. The molecule has 3 heteroatoms. The maximum atomic E-state index is 5.80.